The highest BCUT2D eigenvalue weighted by molar-refractivity contribution is 7.99. The van der Waals surface area contributed by atoms with Gasteiger partial charge in [0.05, 0.1) is 23.6 Å². The van der Waals surface area contributed by atoms with Gasteiger partial charge in [0.2, 0.25) is 11.8 Å². The van der Waals surface area contributed by atoms with Gasteiger partial charge in [-0.15, -0.1) is 10.2 Å². The number of carbonyl (C=O) groups excluding carboxylic acids is 2. The van der Waals surface area contributed by atoms with Crippen LogP contribution >= 0.6 is 11.8 Å². The maximum absolute atomic E-state index is 12.4. The number of para-hydroxylation sites is 1. The summed E-state index contributed by atoms with van der Waals surface area (Å²) in [7, 11) is 0. The molecule has 0 aliphatic rings. The van der Waals surface area contributed by atoms with Crippen molar-refractivity contribution in [3.05, 3.63) is 72.3 Å². The molecule has 4 rings (SSSR count). The maximum Gasteiger partial charge on any atom is 0.340 e. The van der Waals surface area contributed by atoms with E-state index in [0.717, 1.165) is 28.1 Å². The van der Waals surface area contributed by atoms with Crippen molar-refractivity contribution in [2.24, 2.45) is 0 Å². The number of nitrogens with one attached hydrogen (secondary N) is 1. The number of nitrogens with zero attached hydrogens (tertiary/aromatic N) is 2. The summed E-state index contributed by atoms with van der Waals surface area (Å²) >= 11 is 1.12. The van der Waals surface area contributed by atoms with Gasteiger partial charge in [-0.3, -0.25) is 4.79 Å². The number of hydrogen-bond donors (Lipinski definition) is 1. The normalized spacial score (nSPS) is 10.7. The van der Waals surface area contributed by atoms with Crippen LogP contribution in [0, 0.1) is 0 Å². The molecule has 0 saturated heterocycles. The third-order valence-corrected chi connectivity index (χ3v) is 5.24. The number of carbonyl (C=O) groups is 2. The van der Waals surface area contributed by atoms with Gasteiger partial charge in [0.15, 0.2) is 0 Å². The van der Waals surface area contributed by atoms with Crippen LogP contribution in [0.25, 0.3) is 22.2 Å². The van der Waals surface area contributed by atoms with Gasteiger partial charge in [-0.1, -0.05) is 54.2 Å². The third kappa shape index (κ3) is 4.92. The van der Waals surface area contributed by atoms with Gasteiger partial charge in [-0.2, -0.15) is 0 Å². The Morgan fingerprint density at radius 1 is 1.00 bits per heavy atom. The molecule has 0 unspecified atom stereocenters. The van der Waals surface area contributed by atoms with Crippen LogP contribution in [0.2, 0.25) is 0 Å². The quantitative estimate of drug-likeness (QED) is 0.330. The molecule has 1 aromatic heterocycles. The Labute approximate surface area is 182 Å². The molecule has 8 heteroatoms. The lowest BCUT2D eigenvalue weighted by Gasteiger charge is -2.09. The largest absolute Gasteiger partial charge is 0.462 e. The number of anilines is 1. The van der Waals surface area contributed by atoms with Crippen molar-refractivity contribution < 1.29 is 18.7 Å². The molecular weight excluding hydrogens is 414 g/mol. The van der Waals surface area contributed by atoms with E-state index in [4.69, 9.17) is 9.15 Å². The molecule has 7 nitrogen and oxygen atoms in total. The molecular formula is C23H19N3O4S. The van der Waals surface area contributed by atoms with Gasteiger partial charge in [0.25, 0.3) is 5.22 Å². The van der Waals surface area contributed by atoms with Crippen LogP contribution in [0.15, 0.2) is 76.4 Å². The first-order valence-corrected chi connectivity index (χ1v) is 10.6. The lowest BCUT2D eigenvalue weighted by atomic mass is 10.1. The van der Waals surface area contributed by atoms with Gasteiger partial charge >= 0.3 is 5.97 Å². The summed E-state index contributed by atoms with van der Waals surface area (Å²) in [6.07, 6.45) is 0. The number of hydrogen-bond acceptors (Lipinski definition) is 7. The average molecular weight is 433 g/mol. The number of thioether (sulfide) groups is 1. The monoisotopic (exact) mass is 433 g/mol. The minimum atomic E-state index is -0.483. The highest BCUT2D eigenvalue weighted by Gasteiger charge is 2.15. The van der Waals surface area contributed by atoms with Crippen molar-refractivity contribution in [1.29, 1.82) is 0 Å². The summed E-state index contributed by atoms with van der Waals surface area (Å²) in [6.45, 7) is 1.99. The second-order valence-corrected chi connectivity index (χ2v) is 7.46. The van der Waals surface area contributed by atoms with E-state index in [-0.39, 0.29) is 23.5 Å². The Bertz CT molecular complexity index is 1240. The van der Waals surface area contributed by atoms with Crippen LogP contribution in [0.4, 0.5) is 5.69 Å². The molecule has 1 amide bonds. The van der Waals surface area contributed by atoms with Crippen LogP contribution < -0.4 is 5.32 Å². The predicted molar refractivity (Wildman–Crippen MR) is 119 cm³/mol. The van der Waals surface area contributed by atoms with Crippen molar-refractivity contribution >= 4 is 40.1 Å². The average Bonchev–Trinajstić information content (AvgIpc) is 3.27. The number of aromatic nitrogens is 2. The summed E-state index contributed by atoms with van der Waals surface area (Å²) in [5.74, 6) is -0.340. The molecule has 4 aromatic rings. The van der Waals surface area contributed by atoms with Gasteiger partial charge in [-0.25, -0.2) is 4.79 Å². The minimum absolute atomic E-state index is 0.0521. The zero-order valence-corrected chi connectivity index (χ0v) is 17.5. The Morgan fingerprint density at radius 3 is 2.61 bits per heavy atom. The van der Waals surface area contributed by atoms with E-state index in [1.54, 1.807) is 31.2 Å². The minimum Gasteiger partial charge on any atom is -0.462 e. The number of esters is 1. The number of rotatable bonds is 7. The first-order valence-electron chi connectivity index (χ1n) is 9.65. The van der Waals surface area contributed by atoms with Crippen LogP contribution in [-0.2, 0) is 9.53 Å². The van der Waals surface area contributed by atoms with Crippen molar-refractivity contribution in [1.82, 2.24) is 10.2 Å². The fourth-order valence-corrected chi connectivity index (χ4v) is 3.56. The van der Waals surface area contributed by atoms with Crippen LogP contribution in [0.5, 0.6) is 0 Å². The molecule has 0 aliphatic carbocycles. The fourth-order valence-electron chi connectivity index (χ4n) is 3.00. The van der Waals surface area contributed by atoms with Crippen LogP contribution in [-0.4, -0.2) is 34.4 Å². The van der Waals surface area contributed by atoms with Gasteiger partial charge in [0.1, 0.15) is 0 Å². The maximum atomic E-state index is 12.4. The molecule has 1 N–H and O–H groups in total. The zero-order chi connectivity index (χ0) is 21.6. The molecule has 156 valence electrons. The van der Waals surface area contributed by atoms with E-state index in [1.807, 2.05) is 42.5 Å². The zero-order valence-electron chi connectivity index (χ0n) is 16.7. The summed E-state index contributed by atoms with van der Waals surface area (Å²) in [4.78, 5) is 24.4. The third-order valence-electron chi connectivity index (χ3n) is 4.43. The number of amides is 1. The lowest BCUT2D eigenvalue weighted by Crippen LogP contribution is -2.17. The Morgan fingerprint density at radius 2 is 1.77 bits per heavy atom. The second-order valence-electron chi connectivity index (χ2n) is 6.54. The summed E-state index contributed by atoms with van der Waals surface area (Å²) in [5.41, 5.74) is 1.51. The number of benzene rings is 3. The van der Waals surface area contributed by atoms with E-state index in [9.17, 15) is 9.59 Å². The second kappa shape index (κ2) is 9.44. The first-order chi connectivity index (χ1) is 15.1. The molecule has 0 spiro atoms. The van der Waals surface area contributed by atoms with Gasteiger partial charge in [0, 0.05) is 5.56 Å². The van der Waals surface area contributed by atoms with E-state index in [0.29, 0.717) is 17.1 Å². The van der Waals surface area contributed by atoms with Crippen LogP contribution in [0.3, 0.4) is 0 Å². The first kappa shape index (κ1) is 20.6. The standard InChI is InChI=1S/C23H19N3O4S/c1-2-29-22(28)18-9-5-6-10-19(18)24-20(27)14-31-23-26-25-21(30-23)17-12-11-15-7-3-4-8-16(15)13-17/h3-13H,2,14H2,1H3,(H,24,27). The topological polar surface area (TPSA) is 94.3 Å². The Balaban J connectivity index is 1.40. The van der Waals surface area contributed by atoms with E-state index in [2.05, 4.69) is 15.5 Å². The summed E-state index contributed by atoms with van der Waals surface area (Å²) < 4.78 is 10.7. The number of fused-ring (bicyclic) bond motifs is 1. The van der Waals surface area contributed by atoms with Crippen molar-refractivity contribution in [3.63, 3.8) is 0 Å². The smallest absolute Gasteiger partial charge is 0.340 e. The lowest BCUT2D eigenvalue weighted by molar-refractivity contribution is -0.113. The molecule has 0 atom stereocenters. The molecule has 31 heavy (non-hydrogen) atoms. The number of ether oxygens (including phenoxy) is 1. The molecule has 0 aliphatic heterocycles. The molecule has 0 fully saturated rings. The van der Waals surface area contributed by atoms with Gasteiger partial charge < -0.3 is 14.5 Å². The van der Waals surface area contributed by atoms with Gasteiger partial charge in [-0.05, 0) is 42.0 Å². The Kier molecular flexibility index (Phi) is 6.28. The van der Waals surface area contributed by atoms with Crippen molar-refractivity contribution in [2.75, 3.05) is 17.7 Å². The van der Waals surface area contributed by atoms with Crippen LogP contribution in [0.1, 0.15) is 17.3 Å². The molecule has 0 radical (unpaired) electrons. The van der Waals surface area contributed by atoms with Crippen molar-refractivity contribution in [2.45, 2.75) is 12.1 Å². The SMILES string of the molecule is CCOC(=O)c1ccccc1NC(=O)CSc1nnc(-c2ccc3ccccc3c2)o1. The molecule has 0 saturated carbocycles. The molecule has 3 aromatic carbocycles. The highest BCUT2D eigenvalue weighted by Crippen LogP contribution is 2.26. The highest BCUT2D eigenvalue weighted by atomic mass is 32.2. The van der Waals surface area contributed by atoms with E-state index < -0.39 is 5.97 Å². The van der Waals surface area contributed by atoms with E-state index >= 15 is 0 Å². The predicted octanol–water partition coefficient (Wildman–Crippen LogP) is 4.80. The van der Waals surface area contributed by atoms with Crippen molar-refractivity contribution in [3.8, 4) is 11.5 Å². The fraction of sp³-hybridized carbons (Fsp3) is 0.130. The summed E-state index contributed by atoms with van der Waals surface area (Å²) in [5, 5.41) is 13.3. The molecule has 0 bridgehead atoms. The van der Waals surface area contributed by atoms with E-state index in [1.165, 1.54) is 0 Å². The summed E-state index contributed by atoms with van der Waals surface area (Å²) in [6, 6.07) is 20.6. The Hall–Kier alpha value is -3.65. The molecule has 1 heterocycles.